The van der Waals surface area contributed by atoms with E-state index in [1.807, 2.05) is 55.5 Å². The van der Waals surface area contributed by atoms with Gasteiger partial charge in [-0.3, -0.25) is 4.79 Å². The van der Waals surface area contributed by atoms with Gasteiger partial charge in [0.2, 0.25) is 0 Å². The van der Waals surface area contributed by atoms with Crippen molar-refractivity contribution in [3.63, 3.8) is 0 Å². The van der Waals surface area contributed by atoms with Crippen molar-refractivity contribution in [2.75, 3.05) is 20.1 Å². The van der Waals surface area contributed by atoms with Crippen LogP contribution in [0.15, 0.2) is 54.6 Å². The largest absolute Gasteiger partial charge is 0.487 e. The van der Waals surface area contributed by atoms with E-state index in [-0.39, 0.29) is 17.6 Å². The number of aryl methyl sites for hydroxylation is 1. The lowest BCUT2D eigenvalue weighted by Crippen LogP contribution is -2.51. The number of benzene rings is 2. The standard InChI is InChI=1S/C25H27N3O2S/c1-17-26-22(23(31-17)18-8-4-3-5-9-18)24(29)27-20-16-25(12-14-28(2)15-13-25)30-21-11-7-6-10-19(20)21/h3-11,20H,12-16H2,1-2H3,(H,27,29). The van der Waals surface area contributed by atoms with E-state index in [0.717, 1.165) is 59.1 Å². The van der Waals surface area contributed by atoms with Crippen molar-refractivity contribution in [3.8, 4) is 16.2 Å². The van der Waals surface area contributed by atoms with Crippen molar-refractivity contribution in [2.24, 2.45) is 0 Å². The molecule has 1 unspecified atom stereocenters. The Kier molecular flexibility index (Phi) is 5.28. The highest BCUT2D eigenvalue weighted by molar-refractivity contribution is 7.15. The molecule has 0 saturated carbocycles. The van der Waals surface area contributed by atoms with Gasteiger partial charge in [0.25, 0.3) is 5.91 Å². The fourth-order valence-electron chi connectivity index (χ4n) is 4.67. The highest BCUT2D eigenvalue weighted by Crippen LogP contribution is 2.44. The lowest BCUT2D eigenvalue weighted by atomic mass is 9.80. The number of rotatable bonds is 3. The smallest absolute Gasteiger partial charge is 0.271 e. The normalized spacial score (nSPS) is 20.1. The first-order valence-electron chi connectivity index (χ1n) is 10.8. The molecule has 0 radical (unpaired) electrons. The molecule has 1 atom stereocenters. The summed E-state index contributed by atoms with van der Waals surface area (Å²) in [7, 11) is 2.15. The molecular formula is C25H27N3O2S. The molecule has 1 saturated heterocycles. The Morgan fingerprint density at radius 2 is 1.84 bits per heavy atom. The average molecular weight is 434 g/mol. The zero-order valence-corrected chi connectivity index (χ0v) is 18.7. The molecule has 2 aliphatic heterocycles. The molecule has 160 valence electrons. The second-order valence-electron chi connectivity index (χ2n) is 8.63. The number of hydrogen-bond donors (Lipinski definition) is 1. The SMILES string of the molecule is Cc1nc(C(=O)NC2CC3(CCN(C)CC3)Oc3ccccc32)c(-c2ccccc2)s1. The van der Waals surface area contributed by atoms with E-state index in [2.05, 4.69) is 28.3 Å². The lowest BCUT2D eigenvalue weighted by Gasteiger charge is -2.46. The van der Waals surface area contributed by atoms with Crippen molar-refractivity contribution in [1.29, 1.82) is 0 Å². The molecule has 6 heteroatoms. The van der Waals surface area contributed by atoms with Gasteiger partial charge in [0.15, 0.2) is 0 Å². The molecule has 5 rings (SSSR count). The lowest BCUT2D eigenvalue weighted by molar-refractivity contribution is -0.0196. The first-order chi connectivity index (χ1) is 15.0. The minimum atomic E-state index is -0.223. The number of nitrogens with zero attached hydrogens (tertiary/aromatic N) is 2. The molecule has 1 amide bonds. The van der Waals surface area contributed by atoms with Gasteiger partial charge in [-0.1, -0.05) is 48.5 Å². The highest BCUT2D eigenvalue weighted by atomic mass is 32.1. The fourth-order valence-corrected chi connectivity index (χ4v) is 5.59. The summed E-state index contributed by atoms with van der Waals surface area (Å²) >= 11 is 1.56. The number of piperidine rings is 1. The van der Waals surface area contributed by atoms with Crippen molar-refractivity contribution in [2.45, 2.75) is 37.8 Å². The molecule has 2 aliphatic rings. The van der Waals surface area contributed by atoms with Gasteiger partial charge >= 0.3 is 0 Å². The van der Waals surface area contributed by atoms with Crippen LogP contribution >= 0.6 is 11.3 Å². The molecule has 1 spiro atoms. The number of carbonyl (C=O) groups is 1. The topological polar surface area (TPSA) is 54.5 Å². The van der Waals surface area contributed by atoms with E-state index >= 15 is 0 Å². The van der Waals surface area contributed by atoms with Crippen molar-refractivity contribution >= 4 is 17.2 Å². The zero-order chi connectivity index (χ0) is 21.4. The number of likely N-dealkylation sites (tertiary alicyclic amines) is 1. The van der Waals surface area contributed by atoms with E-state index in [9.17, 15) is 4.79 Å². The van der Waals surface area contributed by atoms with Gasteiger partial charge in [0, 0.05) is 25.1 Å². The fraction of sp³-hybridized carbons (Fsp3) is 0.360. The van der Waals surface area contributed by atoms with Crippen molar-refractivity contribution in [3.05, 3.63) is 70.9 Å². The molecule has 31 heavy (non-hydrogen) atoms. The van der Waals surface area contributed by atoms with Crippen LogP contribution in [0, 0.1) is 6.92 Å². The Balaban J connectivity index is 1.45. The number of amides is 1. The molecule has 5 nitrogen and oxygen atoms in total. The van der Waals surface area contributed by atoms with Gasteiger partial charge in [0.05, 0.1) is 15.9 Å². The zero-order valence-electron chi connectivity index (χ0n) is 17.9. The number of carbonyl (C=O) groups excluding carboxylic acids is 1. The molecule has 0 aliphatic carbocycles. The van der Waals surface area contributed by atoms with Crippen molar-refractivity contribution < 1.29 is 9.53 Å². The predicted octanol–water partition coefficient (Wildman–Crippen LogP) is 4.84. The van der Waals surface area contributed by atoms with Crippen LogP contribution in [0.25, 0.3) is 10.4 Å². The summed E-state index contributed by atoms with van der Waals surface area (Å²) in [5.41, 5.74) is 2.36. The van der Waals surface area contributed by atoms with Crippen LogP contribution in [-0.4, -0.2) is 41.5 Å². The summed E-state index contributed by atoms with van der Waals surface area (Å²) in [6, 6.07) is 18.0. The molecule has 1 N–H and O–H groups in total. The van der Waals surface area contributed by atoms with Gasteiger partial charge in [0.1, 0.15) is 17.0 Å². The van der Waals surface area contributed by atoms with Crippen LogP contribution in [0.3, 0.4) is 0 Å². The molecule has 1 aromatic heterocycles. The van der Waals surface area contributed by atoms with E-state index in [1.54, 1.807) is 11.3 Å². The summed E-state index contributed by atoms with van der Waals surface area (Å²) in [6.07, 6.45) is 2.72. The van der Waals surface area contributed by atoms with Gasteiger partial charge in [-0.25, -0.2) is 4.98 Å². The maximum absolute atomic E-state index is 13.4. The third-order valence-corrected chi connectivity index (χ3v) is 7.41. The first-order valence-corrected chi connectivity index (χ1v) is 11.6. The van der Waals surface area contributed by atoms with Crippen LogP contribution in [0.2, 0.25) is 0 Å². The number of thiazole rings is 1. The van der Waals surface area contributed by atoms with Gasteiger partial charge in [-0.05, 0) is 38.4 Å². The van der Waals surface area contributed by atoms with Crippen LogP contribution in [0.5, 0.6) is 5.75 Å². The number of para-hydroxylation sites is 1. The van der Waals surface area contributed by atoms with Crippen LogP contribution < -0.4 is 10.1 Å². The van der Waals surface area contributed by atoms with E-state index in [4.69, 9.17) is 4.74 Å². The number of nitrogens with one attached hydrogen (secondary N) is 1. The van der Waals surface area contributed by atoms with Gasteiger partial charge < -0.3 is 15.0 Å². The molecule has 0 bridgehead atoms. The second-order valence-corrected chi connectivity index (χ2v) is 9.84. The number of hydrogen-bond acceptors (Lipinski definition) is 5. The van der Waals surface area contributed by atoms with E-state index in [0.29, 0.717) is 5.69 Å². The van der Waals surface area contributed by atoms with Gasteiger partial charge in [-0.15, -0.1) is 11.3 Å². The van der Waals surface area contributed by atoms with E-state index < -0.39 is 0 Å². The number of ether oxygens (including phenoxy) is 1. The second kappa shape index (κ2) is 8.09. The van der Waals surface area contributed by atoms with Crippen LogP contribution in [0.4, 0.5) is 0 Å². The Morgan fingerprint density at radius 1 is 1.13 bits per heavy atom. The molecular weight excluding hydrogens is 406 g/mol. The number of aromatic nitrogens is 1. The summed E-state index contributed by atoms with van der Waals surface area (Å²) in [6.45, 7) is 3.96. The maximum atomic E-state index is 13.4. The molecule has 3 aromatic rings. The maximum Gasteiger partial charge on any atom is 0.271 e. The average Bonchev–Trinajstić information content (AvgIpc) is 3.18. The molecule has 1 fully saturated rings. The predicted molar refractivity (Wildman–Crippen MR) is 124 cm³/mol. The monoisotopic (exact) mass is 433 g/mol. The Labute approximate surface area is 187 Å². The quantitative estimate of drug-likeness (QED) is 0.642. The minimum absolute atomic E-state index is 0.0912. The summed E-state index contributed by atoms with van der Waals surface area (Å²) in [5, 5.41) is 4.20. The molecule has 2 aromatic carbocycles. The third kappa shape index (κ3) is 3.98. The Bertz CT molecular complexity index is 1090. The summed E-state index contributed by atoms with van der Waals surface area (Å²) in [4.78, 5) is 21.3. The minimum Gasteiger partial charge on any atom is -0.487 e. The summed E-state index contributed by atoms with van der Waals surface area (Å²) < 4.78 is 6.53. The van der Waals surface area contributed by atoms with Gasteiger partial charge in [-0.2, -0.15) is 0 Å². The first kappa shape index (κ1) is 20.2. The van der Waals surface area contributed by atoms with E-state index in [1.165, 1.54) is 0 Å². The highest BCUT2D eigenvalue weighted by Gasteiger charge is 2.43. The third-order valence-electron chi connectivity index (χ3n) is 6.39. The Hall–Kier alpha value is -2.70. The number of fused-ring (bicyclic) bond motifs is 1. The molecule has 3 heterocycles. The summed E-state index contributed by atoms with van der Waals surface area (Å²) in [5.74, 6) is 0.773. The Morgan fingerprint density at radius 3 is 2.61 bits per heavy atom. The van der Waals surface area contributed by atoms with Crippen LogP contribution in [-0.2, 0) is 0 Å². The van der Waals surface area contributed by atoms with Crippen molar-refractivity contribution in [1.82, 2.24) is 15.2 Å². The van der Waals surface area contributed by atoms with Crippen LogP contribution in [0.1, 0.15) is 46.4 Å².